The van der Waals surface area contributed by atoms with Gasteiger partial charge < -0.3 is 4.74 Å². The number of alkyl halides is 3. The molecule has 0 radical (unpaired) electrons. The van der Waals surface area contributed by atoms with E-state index >= 15 is 0 Å². The Hall–Kier alpha value is -3.22. The van der Waals surface area contributed by atoms with Crippen molar-refractivity contribution in [1.82, 2.24) is 0 Å². The maximum Gasteiger partial charge on any atom is 0.573 e. The van der Waals surface area contributed by atoms with Crippen LogP contribution in [0.25, 0.3) is 11.1 Å². The van der Waals surface area contributed by atoms with Gasteiger partial charge in [0.15, 0.2) is 23.2 Å². The first-order chi connectivity index (χ1) is 15.2. The van der Waals surface area contributed by atoms with Crippen LogP contribution in [-0.4, -0.2) is 6.36 Å². The van der Waals surface area contributed by atoms with Crippen molar-refractivity contribution in [2.75, 3.05) is 0 Å². The summed E-state index contributed by atoms with van der Waals surface area (Å²) in [6, 6.07) is 13.1. The number of hydrogen-bond acceptors (Lipinski definition) is 1. The van der Waals surface area contributed by atoms with Gasteiger partial charge >= 0.3 is 6.36 Å². The van der Waals surface area contributed by atoms with E-state index in [9.17, 15) is 26.3 Å². The summed E-state index contributed by atoms with van der Waals surface area (Å²) in [4.78, 5) is 0. The average Bonchev–Trinajstić information content (AvgIpc) is 2.75. The first-order valence-corrected chi connectivity index (χ1v) is 9.89. The van der Waals surface area contributed by atoms with Crippen LogP contribution >= 0.6 is 0 Å². The lowest BCUT2D eigenvalue weighted by molar-refractivity contribution is -0.275. The van der Waals surface area contributed by atoms with Gasteiger partial charge in [0.05, 0.1) is 0 Å². The molecule has 0 unspecified atom stereocenters. The molecule has 0 heterocycles. The Morgan fingerprint density at radius 1 is 0.781 bits per heavy atom. The molecule has 0 saturated carbocycles. The Bertz CT molecular complexity index is 1090. The zero-order valence-electron chi connectivity index (χ0n) is 17.0. The van der Waals surface area contributed by atoms with Crippen molar-refractivity contribution >= 4 is 0 Å². The Morgan fingerprint density at radius 2 is 1.47 bits per heavy atom. The van der Waals surface area contributed by atoms with Gasteiger partial charge in [0.25, 0.3) is 0 Å². The van der Waals surface area contributed by atoms with Crippen LogP contribution in [0, 0.1) is 17.5 Å². The van der Waals surface area contributed by atoms with E-state index in [0.29, 0.717) is 11.1 Å². The normalized spacial score (nSPS) is 11.4. The highest BCUT2D eigenvalue weighted by Crippen LogP contribution is 2.29. The number of benzene rings is 3. The molecule has 0 fully saturated rings. The van der Waals surface area contributed by atoms with Crippen molar-refractivity contribution in [3.05, 3.63) is 101 Å². The standard InChI is InChI=1S/C25H20F6O/c1-2-3-4-16-5-9-18(10-6-16)20-13-12-19(23(27)24(20)28)11-7-17-8-14-22(21(26)15-17)32-25(29,30)31/h2,5-6,8-10,12-15H,1,3-4,7,11H2. The topological polar surface area (TPSA) is 9.23 Å². The van der Waals surface area contributed by atoms with Crippen LogP contribution in [0.5, 0.6) is 5.75 Å². The maximum absolute atomic E-state index is 14.7. The molecule has 0 aromatic heterocycles. The van der Waals surface area contributed by atoms with Gasteiger partial charge in [0.2, 0.25) is 0 Å². The number of ether oxygens (including phenoxy) is 1. The van der Waals surface area contributed by atoms with Crippen molar-refractivity contribution < 1.29 is 31.1 Å². The summed E-state index contributed by atoms with van der Waals surface area (Å²) in [6.45, 7) is 3.67. The van der Waals surface area contributed by atoms with Crippen molar-refractivity contribution in [1.29, 1.82) is 0 Å². The minimum absolute atomic E-state index is 0.0441. The SMILES string of the molecule is C=CCCc1ccc(-c2ccc(CCc3ccc(OC(F)(F)F)c(F)c3)c(F)c2F)cc1. The molecule has 0 spiro atoms. The van der Waals surface area contributed by atoms with E-state index in [1.54, 1.807) is 18.2 Å². The highest BCUT2D eigenvalue weighted by Gasteiger charge is 2.32. The van der Waals surface area contributed by atoms with Gasteiger partial charge in [0, 0.05) is 5.56 Å². The third-order valence-electron chi connectivity index (χ3n) is 4.97. The molecule has 0 amide bonds. The number of hydrogen-bond donors (Lipinski definition) is 0. The fourth-order valence-corrected chi connectivity index (χ4v) is 3.31. The Balaban J connectivity index is 1.72. The quantitative estimate of drug-likeness (QED) is 0.254. The smallest absolute Gasteiger partial charge is 0.403 e. The second kappa shape index (κ2) is 9.94. The summed E-state index contributed by atoms with van der Waals surface area (Å²) in [5.41, 5.74) is 2.14. The molecule has 7 heteroatoms. The molecule has 0 N–H and O–H groups in total. The van der Waals surface area contributed by atoms with Crippen LogP contribution in [0.3, 0.4) is 0 Å². The van der Waals surface area contributed by atoms with Gasteiger partial charge in [-0.1, -0.05) is 48.5 Å². The Morgan fingerprint density at radius 3 is 2.09 bits per heavy atom. The minimum Gasteiger partial charge on any atom is -0.403 e. The zero-order valence-corrected chi connectivity index (χ0v) is 17.0. The lowest BCUT2D eigenvalue weighted by Gasteiger charge is -2.11. The fraction of sp³-hybridized carbons (Fsp3) is 0.200. The molecule has 0 aliphatic carbocycles. The summed E-state index contributed by atoms with van der Waals surface area (Å²) < 4.78 is 83.4. The van der Waals surface area contributed by atoms with Crippen LogP contribution in [0.1, 0.15) is 23.1 Å². The number of allylic oxidation sites excluding steroid dienone is 1. The number of aryl methyl sites for hydroxylation is 3. The van der Waals surface area contributed by atoms with Crippen molar-refractivity contribution in [3.63, 3.8) is 0 Å². The van der Waals surface area contributed by atoms with Gasteiger partial charge in [-0.2, -0.15) is 0 Å². The van der Waals surface area contributed by atoms with E-state index in [4.69, 9.17) is 0 Å². The van der Waals surface area contributed by atoms with Gasteiger partial charge in [-0.3, -0.25) is 0 Å². The molecule has 3 aromatic rings. The van der Waals surface area contributed by atoms with Crippen LogP contribution in [0.15, 0.2) is 67.3 Å². The summed E-state index contributed by atoms with van der Waals surface area (Å²) in [5, 5.41) is 0. The molecule has 3 aromatic carbocycles. The van der Waals surface area contributed by atoms with Gasteiger partial charge in [-0.25, -0.2) is 13.2 Å². The molecule has 0 atom stereocenters. The second-order valence-electron chi connectivity index (χ2n) is 7.24. The second-order valence-corrected chi connectivity index (χ2v) is 7.24. The molecule has 1 nitrogen and oxygen atoms in total. The third-order valence-corrected chi connectivity index (χ3v) is 4.97. The van der Waals surface area contributed by atoms with Crippen LogP contribution in [0.4, 0.5) is 26.3 Å². The van der Waals surface area contributed by atoms with E-state index in [2.05, 4.69) is 11.3 Å². The molecular formula is C25H20F6O. The molecule has 0 aliphatic heterocycles. The van der Waals surface area contributed by atoms with Gasteiger partial charge in [-0.15, -0.1) is 19.8 Å². The van der Waals surface area contributed by atoms with Crippen molar-refractivity contribution in [3.8, 4) is 16.9 Å². The van der Waals surface area contributed by atoms with E-state index < -0.39 is 29.6 Å². The highest BCUT2D eigenvalue weighted by molar-refractivity contribution is 5.65. The fourth-order valence-electron chi connectivity index (χ4n) is 3.31. The van der Waals surface area contributed by atoms with E-state index in [0.717, 1.165) is 30.5 Å². The lowest BCUT2D eigenvalue weighted by Crippen LogP contribution is -2.18. The predicted octanol–water partition coefficient (Wildman–Crippen LogP) is 7.57. The third kappa shape index (κ3) is 5.93. The molecular weight excluding hydrogens is 430 g/mol. The summed E-state index contributed by atoms with van der Waals surface area (Å²) in [7, 11) is 0. The Labute approximate surface area is 182 Å². The highest BCUT2D eigenvalue weighted by atomic mass is 19.4. The monoisotopic (exact) mass is 450 g/mol. The number of rotatable bonds is 8. The molecule has 0 saturated heterocycles. The van der Waals surface area contributed by atoms with Crippen LogP contribution in [-0.2, 0) is 19.3 Å². The Kier molecular flexibility index (Phi) is 7.28. The molecule has 32 heavy (non-hydrogen) atoms. The van der Waals surface area contributed by atoms with Crippen LogP contribution < -0.4 is 4.74 Å². The van der Waals surface area contributed by atoms with Crippen LogP contribution in [0.2, 0.25) is 0 Å². The summed E-state index contributed by atoms with van der Waals surface area (Å²) in [5.74, 6) is -4.12. The first-order valence-electron chi connectivity index (χ1n) is 9.89. The largest absolute Gasteiger partial charge is 0.573 e. The van der Waals surface area contributed by atoms with E-state index in [-0.39, 0.29) is 24.0 Å². The van der Waals surface area contributed by atoms with E-state index in [1.807, 2.05) is 12.1 Å². The minimum atomic E-state index is -5.00. The lowest BCUT2D eigenvalue weighted by atomic mass is 9.97. The van der Waals surface area contributed by atoms with E-state index in [1.165, 1.54) is 18.2 Å². The van der Waals surface area contributed by atoms with Gasteiger partial charge in [0.1, 0.15) is 0 Å². The molecule has 3 rings (SSSR count). The molecule has 0 aliphatic rings. The average molecular weight is 450 g/mol. The molecule has 0 bridgehead atoms. The maximum atomic E-state index is 14.7. The van der Waals surface area contributed by atoms with Crippen molar-refractivity contribution in [2.24, 2.45) is 0 Å². The summed E-state index contributed by atoms with van der Waals surface area (Å²) in [6.07, 6.45) is -1.42. The first kappa shape index (κ1) is 23.4. The van der Waals surface area contributed by atoms with Gasteiger partial charge in [-0.05, 0) is 60.1 Å². The van der Waals surface area contributed by atoms with Crippen molar-refractivity contribution in [2.45, 2.75) is 32.0 Å². The predicted molar refractivity (Wildman–Crippen MR) is 111 cm³/mol. The summed E-state index contributed by atoms with van der Waals surface area (Å²) >= 11 is 0. The number of halogens is 6. The zero-order chi connectivity index (χ0) is 23.3. The molecule has 168 valence electrons.